The molecule has 0 radical (unpaired) electrons. The Labute approximate surface area is 210 Å². The number of nitro benzene ring substituents is 1. The Morgan fingerprint density at radius 2 is 1.57 bits per heavy atom. The topological polar surface area (TPSA) is 127 Å². The van der Waals surface area contributed by atoms with Crippen LogP contribution in [0.2, 0.25) is 5.02 Å². The zero-order valence-electron chi connectivity index (χ0n) is 18.1. The number of hydrogen-bond donors (Lipinski definition) is 2. The first-order valence-electron chi connectivity index (χ1n) is 9.88. The summed E-state index contributed by atoms with van der Waals surface area (Å²) in [5, 5.41) is 23.9. The molecule has 3 aromatic rings. The molecule has 0 bridgehead atoms. The van der Waals surface area contributed by atoms with Crippen LogP contribution in [0.4, 0.5) is 33.3 Å². The number of amides is 1. The lowest BCUT2D eigenvalue weighted by atomic mass is 9.93. The fourth-order valence-electron chi connectivity index (χ4n) is 3.21. The highest BCUT2D eigenvalue weighted by Gasteiger charge is 2.44. The van der Waals surface area contributed by atoms with Crippen molar-refractivity contribution < 1.29 is 45.2 Å². The minimum Gasteiger partial charge on any atom is -0.374 e. The number of nitrogens with zero attached hydrogens (tertiary/aromatic N) is 1. The lowest BCUT2D eigenvalue weighted by Gasteiger charge is -2.28. The first-order valence-corrected chi connectivity index (χ1v) is 11.9. The lowest BCUT2D eigenvalue weighted by molar-refractivity contribution is -0.384. The number of alkyl halides is 3. The van der Waals surface area contributed by atoms with Gasteiger partial charge >= 0.3 is 6.18 Å². The monoisotopic (exact) mass is 564 g/mol. The maximum absolute atomic E-state index is 13.6. The standard InChI is InChI=1S/C22H14ClF5N2O6S/c23-16-9-14(5-8-19(16)30(33)34)29-20(31)21(32,12-1-3-13(4-2-12)22(26,27)28)11-37(35,36)15-6-7-17(24)18(25)10-15/h1-10,32H,11H2,(H,29,31). The van der Waals surface area contributed by atoms with Gasteiger partial charge in [0.1, 0.15) is 5.02 Å². The SMILES string of the molecule is O=C(Nc1ccc([N+](=O)[O-])c(Cl)c1)C(O)(CS(=O)(=O)c1ccc(F)c(F)c1)c1ccc(C(F)(F)F)cc1. The molecule has 8 nitrogen and oxygen atoms in total. The van der Waals surface area contributed by atoms with Crippen molar-refractivity contribution in [3.05, 3.63) is 98.6 Å². The summed E-state index contributed by atoms with van der Waals surface area (Å²) in [5.41, 5.74) is -5.57. The third-order valence-corrected chi connectivity index (χ3v) is 7.19. The fourth-order valence-corrected chi connectivity index (χ4v) is 5.03. The van der Waals surface area contributed by atoms with Crippen LogP contribution < -0.4 is 5.32 Å². The summed E-state index contributed by atoms with van der Waals surface area (Å²) in [6.07, 6.45) is -4.79. The average Bonchev–Trinajstić information content (AvgIpc) is 2.79. The van der Waals surface area contributed by atoms with E-state index in [1.165, 1.54) is 0 Å². The van der Waals surface area contributed by atoms with E-state index in [1.54, 1.807) is 0 Å². The molecular weight excluding hydrogens is 551 g/mol. The molecule has 0 aromatic heterocycles. The first-order chi connectivity index (χ1) is 17.0. The Hall–Kier alpha value is -3.62. The van der Waals surface area contributed by atoms with Gasteiger partial charge in [0.25, 0.3) is 11.6 Å². The molecule has 0 saturated carbocycles. The summed E-state index contributed by atoms with van der Waals surface area (Å²) in [6, 6.07) is 6.68. The van der Waals surface area contributed by atoms with Crippen molar-refractivity contribution in [2.24, 2.45) is 0 Å². The van der Waals surface area contributed by atoms with Crippen LogP contribution in [0.3, 0.4) is 0 Å². The van der Waals surface area contributed by atoms with Crippen LogP contribution in [-0.4, -0.2) is 30.1 Å². The third kappa shape index (κ3) is 6.03. The summed E-state index contributed by atoms with van der Waals surface area (Å²) in [5.74, 6) is -5.87. The van der Waals surface area contributed by atoms with Gasteiger partial charge in [0.15, 0.2) is 27.1 Å². The second kappa shape index (κ2) is 10.0. The molecule has 1 atom stereocenters. The zero-order chi connectivity index (χ0) is 27.8. The molecule has 0 aliphatic rings. The second-order valence-corrected chi connectivity index (χ2v) is 10.0. The highest BCUT2D eigenvalue weighted by molar-refractivity contribution is 7.91. The van der Waals surface area contributed by atoms with Gasteiger partial charge in [0, 0.05) is 11.8 Å². The highest BCUT2D eigenvalue weighted by atomic mass is 35.5. The van der Waals surface area contributed by atoms with Gasteiger partial charge in [-0.1, -0.05) is 23.7 Å². The van der Waals surface area contributed by atoms with Crippen molar-refractivity contribution in [2.45, 2.75) is 16.7 Å². The predicted octanol–water partition coefficient (Wildman–Crippen LogP) is 4.85. The molecular formula is C22H14ClF5N2O6S. The Balaban J connectivity index is 2.07. The normalized spacial score (nSPS) is 13.6. The average molecular weight is 565 g/mol. The Bertz CT molecular complexity index is 1480. The van der Waals surface area contributed by atoms with Gasteiger partial charge in [-0.15, -0.1) is 0 Å². The van der Waals surface area contributed by atoms with E-state index in [2.05, 4.69) is 5.32 Å². The number of nitro groups is 1. The number of nitrogens with one attached hydrogen (secondary N) is 1. The summed E-state index contributed by atoms with van der Waals surface area (Å²) in [7, 11) is -4.76. The van der Waals surface area contributed by atoms with Crippen LogP contribution in [-0.2, 0) is 26.4 Å². The van der Waals surface area contributed by atoms with Crippen LogP contribution in [0.25, 0.3) is 0 Å². The number of halogens is 6. The van der Waals surface area contributed by atoms with E-state index >= 15 is 0 Å². The maximum Gasteiger partial charge on any atom is 0.416 e. The van der Waals surface area contributed by atoms with Gasteiger partial charge in [0.05, 0.1) is 21.1 Å². The van der Waals surface area contributed by atoms with E-state index < -0.39 is 76.6 Å². The quantitative estimate of drug-likeness (QED) is 0.183. The number of carbonyl (C=O) groups excluding carboxylic acids is 1. The van der Waals surface area contributed by atoms with Crippen molar-refractivity contribution in [2.75, 3.05) is 11.1 Å². The van der Waals surface area contributed by atoms with Gasteiger partial charge in [-0.05, 0) is 48.0 Å². The van der Waals surface area contributed by atoms with E-state index in [-0.39, 0.29) is 5.69 Å². The smallest absolute Gasteiger partial charge is 0.374 e. The van der Waals surface area contributed by atoms with Crippen molar-refractivity contribution in [1.29, 1.82) is 0 Å². The molecule has 1 amide bonds. The number of carbonyl (C=O) groups is 1. The van der Waals surface area contributed by atoms with Gasteiger partial charge in [-0.25, -0.2) is 17.2 Å². The Morgan fingerprint density at radius 1 is 0.973 bits per heavy atom. The fraction of sp³-hybridized carbons (Fsp3) is 0.136. The zero-order valence-corrected chi connectivity index (χ0v) is 19.7. The molecule has 15 heteroatoms. The molecule has 2 N–H and O–H groups in total. The summed E-state index contributed by atoms with van der Waals surface area (Å²) < 4.78 is 91.8. The minimum absolute atomic E-state index is 0.226. The van der Waals surface area contributed by atoms with Crippen molar-refractivity contribution in [1.82, 2.24) is 0 Å². The molecule has 37 heavy (non-hydrogen) atoms. The van der Waals surface area contributed by atoms with E-state index in [9.17, 15) is 50.4 Å². The van der Waals surface area contributed by atoms with Crippen LogP contribution in [0, 0.1) is 21.7 Å². The number of benzene rings is 3. The van der Waals surface area contributed by atoms with Gasteiger partial charge in [0.2, 0.25) is 0 Å². The molecule has 0 aliphatic carbocycles. The number of aliphatic hydroxyl groups is 1. The molecule has 0 fully saturated rings. The van der Waals surface area contributed by atoms with Crippen molar-refractivity contribution >= 4 is 38.7 Å². The molecule has 3 aromatic carbocycles. The Kier molecular flexibility index (Phi) is 7.58. The van der Waals surface area contributed by atoms with E-state index in [0.717, 1.165) is 18.2 Å². The number of hydrogen-bond acceptors (Lipinski definition) is 6. The molecule has 0 heterocycles. The van der Waals surface area contributed by atoms with Gasteiger partial charge < -0.3 is 10.4 Å². The van der Waals surface area contributed by atoms with E-state index in [4.69, 9.17) is 11.6 Å². The number of rotatable bonds is 7. The summed E-state index contributed by atoms with van der Waals surface area (Å²) >= 11 is 5.79. The van der Waals surface area contributed by atoms with Crippen LogP contribution in [0.5, 0.6) is 0 Å². The van der Waals surface area contributed by atoms with Crippen molar-refractivity contribution in [3.8, 4) is 0 Å². The molecule has 1 unspecified atom stereocenters. The first kappa shape index (κ1) is 28.0. The number of sulfone groups is 1. The van der Waals surface area contributed by atoms with Crippen molar-refractivity contribution in [3.63, 3.8) is 0 Å². The summed E-state index contributed by atoms with van der Waals surface area (Å²) in [6.45, 7) is 0. The molecule has 3 rings (SSSR count). The lowest BCUT2D eigenvalue weighted by Crippen LogP contribution is -2.46. The van der Waals surface area contributed by atoms with Crippen LogP contribution in [0.1, 0.15) is 11.1 Å². The molecule has 0 saturated heterocycles. The molecule has 196 valence electrons. The van der Waals surface area contributed by atoms with Gasteiger partial charge in [-0.3, -0.25) is 14.9 Å². The Morgan fingerprint density at radius 3 is 2.08 bits per heavy atom. The highest BCUT2D eigenvalue weighted by Crippen LogP contribution is 2.34. The van der Waals surface area contributed by atoms with E-state index in [1.807, 2.05) is 0 Å². The third-order valence-electron chi connectivity index (χ3n) is 5.12. The maximum atomic E-state index is 13.6. The summed E-state index contributed by atoms with van der Waals surface area (Å²) in [4.78, 5) is 22.4. The van der Waals surface area contributed by atoms with Gasteiger partial charge in [-0.2, -0.15) is 13.2 Å². The molecule has 0 spiro atoms. The molecule has 0 aliphatic heterocycles. The largest absolute Gasteiger partial charge is 0.416 e. The van der Waals surface area contributed by atoms with E-state index in [0.29, 0.717) is 42.5 Å². The second-order valence-electron chi connectivity index (χ2n) is 7.65. The van der Waals surface area contributed by atoms with Crippen LogP contribution in [0.15, 0.2) is 65.6 Å². The van der Waals surface area contributed by atoms with Crippen LogP contribution >= 0.6 is 11.6 Å². The predicted molar refractivity (Wildman–Crippen MR) is 120 cm³/mol. The minimum atomic E-state index is -4.79. The number of anilines is 1.